The summed E-state index contributed by atoms with van der Waals surface area (Å²) in [5, 5.41) is 7.84. The quantitative estimate of drug-likeness (QED) is 0.769. The number of amidine groups is 2. The van der Waals surface area contributed by atoms with E-state index in [-0.39, 0.29) is 0 Å². The average Bonchev–Trinajstić information content (AvgIpc) is 2.59. The van der Waals surface area contributed by atoms with Crippen molar-refractivity contribution < 1.29 is 18.1 Å². The van der Waals surface area contributed by atoms with Gasteiger partial charge in [-0.1, -0.05) is 10.2 Å². The molecule has 0 radical (unpaired) electrons. The van der Waals surface area contributed by atoms with Crippen LogP contribution in [0.25, 0.3) is 0 Å². The fraction of sp³-hybridized carbons (Fsp3) is 0.273. The number of hydrogen-bond donors (Lipinski definition) is 1. The minimum absolute atomic E-state index is 0.635. The minimum Gasteiger partial charge on any atom is -0.241 e. The molecule has 1 N–H and O–H groups in total. The zero-order valence-electron chi connectivity index (χ0n) is 9.34. The number of nitrogens with one attached hydrogen (secondary N) is 1. The molecule has 0 aromatic heterocycles. The van der Waals surface area contributed by atoms with Crippen LogP contribution in [-0.2, 0) is 6.18 Å². The molecule has 90 valence electrons. The highest BCUT2D eigenvalue weighted by Crippen LogP contribution is 2.29. The fourth-order valence-electron chi connectivity index (χ4n) is 1.54. The number of halogens is 3. The lowest BCUT2D eigenvalue weighted by molar-refractivity contribution is -0.671. The predicted molar refractivity (Wildman–Crippen MR) is 58.0 cm³/mol. The SMILES string of the molecule is CC1=NN=C(c2ccc(C(F)(F)F)cc2)[NH+]1C. The molecule has 0 amide bonds. The highest BCUT2D eigenvalue weighted by atomic mass is 19.4. The van der Waals surface area contributed by atoms with Crippen LogP contribution in [0.15, 0.2) is 34.5 Å². The second-order valence-corrected chi connectivity index (χ2v) is 3.83. The molecule has 17 heavy (non-hydrogen) atoms. The van der Waals surface area contributed by atoms with E-state index in [9.17, 15) is 13.2 Å². The van der Waals surface area contributed by atoms with E-state index >= 15 is 0 Å². The molecule has 1 aliphatic heterocycles. The Morgan fingerprint density at radius 3 is 2.06 bits per heavy atom. The zero-order chi connectivity index (χ0) is 12.6. The Labute approximate surface area is 96.3 Å². The van der Waals surface area contributed by atoms with Crippen LogP contribution in [0.3, 0.4) is 0 Å². The van der Waals surface area contributed by atoms with Crippen molar-refractivity contribution in [2.45, 2.75) is 13.1 Å². The van der Waals surface area contributed by atoms with Crippen molar-refractivity contribution in [1.29, 1.82) is 0 Å². The molecule has 0 fully saturated rings. The standard InChI is InChI=1S/C11H10F3N3/c1-7-15-16-10(17(7)2)8-3-5-9(6-4-8)11(12,13)14/h3-6H,1-2H3/p+1. The summed E-state index contributed by atoms with van der Waals surface area (Å²) < 4.78 is 37.1. The Bertz CT molecular complexity index is 486. The van der Waals surface area contributed by atoms with E-state index < -0.39 is 11.7 Å². The van der Waals surface area contributed by atoms with Crippen molar-refractivity contribution in [3.05, 3.63) is 35.4 Å². The first-order valence-corrected chi connectivity index (χ1v) is 5.04. The molecule has 0 saturated heterocycles. The van der Waals surface area contributed by atoms with E-state index in [0.29, 0.717) is 11.4 Å². The van der Waals surface area contributed by atoms with Crippen LogP contribution in [0.5, 0.6) is 0 Å². The summed E-state index contributed by atoms with van der Waals surface area (Å²) in [6.07, 6.45) is -4.30. The van der Waals surface area contributed by atoms with Crippen molar-refractivity contribution in [2.24, 2.45) is 10.2 Å². The Hall–Kier alpha value is -1.69. The minimum atomic E-state index is -4.30. The van der Waals surface area contributed by atoms with Crippen LogP contribution in [0, 0.1) is 0 Å². The lowest BCUT2D eigenvalue weighted by Crippen LogP contribution is -3.12. The van der Waals surface area contributed by atoms with E-state index in [1.165, 1.54) is 12.1 Å². The maximum Gasteiger partial charge on any atom is 0.416 e. The summed E-state index contributed by atoms with van der Waals surface area (Å²) in [6.45, 7) is 1.82. The maximum atomic E-state index is 12.4. The maximum absolute atomic E-state index is 12.4. The van der Waals surface area contributed by atoms with Gasteiger partial charge in [-0.05, 0) is 24.3 Å². The number of rotatable bonds is 1. The molecule has 2 rings (SSSR count). The molecule has 0 aliphatic carbocycles. The average molecular weight is 242 g/mol. The second kappa shape index (κ2) is 3.96. The molecular formula is C11H11F3N3+. The molecule has 0 saturated carbocycles. The van der Waals surface area contributed by atoms with Crippen molar-refractivity contribution in [3.63, 3.8) is 0 Å². The van der Waals surface area contributed by atoms with Gasteiger partial charge in [0.15, 0.2) is 0 Å². The summed E-state index contributed by atoms with van der Waals surface area (Å²) in [7, 11) is 1.85. The Balaban J connectivity index is 2.26. The Kier molecular flexibility index (Phi) is 2.74. The highest BCUT2D eigenvalue weighted by molar-refractivity contribution is 5.99. The topological polar surface area (TPSA) is 29.2 Å². The van der Waals surface area contributed by atoms with Crippen LogP contribution in [-0.4, -0.2) is 18.7 Å². The van der Waals surface area contributed by atoms with Gasteiger partial charge in [0, 0.05) is 6.92 Å². The molecule has 0 bridgehead atoms. The van der Waals surface area contributed by atoms with Gasteiger partial charge in [0.2, 0.25) is 5.84 Å². The molecule has 1 unspecified atom stereocenters. The second-order valence-electron chi connectivity index (χ2n) is 3.83. The third kappa shape index (κ3) is 2.21. The Morgan fingerprint density at radius 2 is 1.65 bits per heavy atom. The van der Waals surface area contributed by atoms with Gasteiger partial charge in [-0.3, -0.25) is 0 Å². The van der Waals surface area contributed by atoms with Gasteiger partial charge in [0.05, 0.1) is 18.2 Å². The van der Waals surface area contributed by atoms with Gasteiger partial charge < -0.3 is 0 Å². The summed E-state index contributed by atoms with van der Waals surface area (Å²) in [5.41, 5.74) is -0.00811. The highest BCUT2D eigenvalue weighted by Gasteiger charge is 2.31. The fourth-order valence-corrected chi connectivity index (χ4v) is 1.54. The van der Waals surface area contributed by atoms with Crippen LogP contribution < -0.4 is 4.90 Å². The van der Waals surface area contributed by atoms with Gasteiger partial charge >= 0.3 is 6.18 Å². The van der Waals surface area contributed by atoms with Gasteiger partial charge in [-0.25, -0.2) is 4.90 Å². The molecule has 1 aliphatic rings. The first kappa shape index (κ1) is 11.8. The largest absolute Gasteiger partial charge is 0.416 e. The number of hydrogen-bond acceptors (Lipinski definition) is 2. The number of quaternary nitrogens is 1. The molecular weight excluding hydrogens is 231 g/mol. The van der Waals surface area contributed by atoms with Crippen LogP contribution in [0.4, 0.5) is 13.2 Å². The molecule has 0 spiro atoms. The summed E-state index contributed by atoms with van der Waals surface area (Å²) in [6, 6.07) is 4.94. The van der Waals surface area contributed by atoms with Gasteiger partial charge in [-0.2, -0.15) is 13.2 Å². The number of benzene rings is 1. The lowest BCUT2D eigenvalue weighted by atomic mass is 10.1. The van der Waals surface area contributed by atoms with Crippen LogP contribution in [0.2, 0.25) is 0 Å². The van der Waals surface area contributed by atoms with Crippen molar-refractivity contribution in [3.8, 4) is 0 Å². The van der Waals surface area contributed by atoms with E-state index in [2.05, 4.69) is 10.2 Å². The molecule has 3 nitrogen and oxygen atoms in total. The third-order valence-electron chi connectivity index (χ3n) is 2.68. The zero-order valence-corrected chi connectivity index (χ0v) is 9.34. The van der Waals surface area contributed by atoms with Crippen molar-refractivity contribution in [2.75, 3.05) is 7.05 Å². The van der Waals surface area contributed by atoms with E-state index in [1.807, 2.05) is 14.0 Å². The Morgan fingerprint density at radius 1 is 1.06 bits per heavy atom. The van der Waals surface area contributed by atoms with E-state index in [4.69, 9.17) is 0 Å². The van der Waals surface area contributed by atoms with Crippen LogP contribution in [0.1, 0.15) is 18.1 Å². The number of alkyl halides is 3. The molecule has 1 heterocycles. The summed E-state index contributed by atoms with van der Waals surface area (Å²) >= 11 is 0. The van der Waals surface area contributed by atoms with Gasteiger partial charge in [0.25, 0.3) is 5.84 Å². The third-order valence-corrected chi connectivity index (χ3v) is 2.68. The summed E-state index contributed by atoms with van der Waals surface area (Å²) in [5.74, 6) is 1.43. The van der Waals surface area contributed by atoms with E-state index in [0.717, 1.165) is 22.9 Å². The smallest absolute Gasteiger partial charge is 0.241 e. The molecule has 1 aromatic carbocycles. The first-order valence-electron chi connectivity index (χ1n) is 5.04. The molecule has 6 heteroatoms. The van der Waals surface area contributed by atoms with E-state index in [1.54, 1.807) is 0 Å². The van der Waals surface area contributed by atoms with Crippen molar-refractivity contribution >= 4 is 11.7 Å². The van der Waals surface area contributed by atoms with Crippen LogP contribution >= 0.6 is 0 Å². The summed E-state index contributed by atoms with van der Waals surface area (Å²) in [4.78, 5) is 0.893. The van der Waals surface area contributed by atoms with Gasteiger partial charge in [-0.15, -0.1) is 0 Å². The van der Waals surface area contributed by atoms with Gasteiger partial charge in [0.1, 0.15) is 0 Å². The van der Waals surface area contributed by atoms with Crippen molar-refractivity contribution in [1.82, 2.24) is 0 Å². The number of nitrogens with zero attached hydrogens (tertiary/aromatic N) is 2. The monoisotopic (exact) mass is 242 g/mol. The lowest BCUT2D eigenvalue weighted by Gasteiger charge is -2.09. The molecule has 1 aromatic rings. The normalized spacial score (nSPS) is 20.2. The first-order chi connectivity index (χ1) is 7.89. The molecule has 1 atom stereocenters. The predicted octanol–water partition coefficient (Wildman–Crippen LogP) is 1.31.